The van der Waals surface area contributed by atoms with Gasteiger partial charge in [-0.2, -0.15) is 26.3 Å². The van der Waals surface area contributed by atoms with Gasteiger partial charge in [0.05, 0.1) is 17.9 Å². The molecule has 1 saturated carbocycles. The lowest BCUT2D eigenvalue weighted by molar-refractivity contribution is -0.185. The van der Waals surface area contributed by atoms with Crippen molar-refractivity contribution in [2.75, 3.05) is 13.1 Å². The summed E-state index contributed by atoms with van der Waals surface area (Å²) in [6.45, 7) is 1.48. The Kier molecular flexibility index (Phi) is 7.22. The molecule has 2 aromatic carbocycles. The Morgan fingerprint density at radius 1 is 0.914 bits per heavy atom. The van der Waals surface area contributed by atoms with Gasteiger partial charge in [-0.25, -0.2) is 0 Å². The van der Waals surface area contributed by atoms with Crippen molar-refractivity contribution in [3.8, 4) is 5.75 Å². The van der Waals surface area contributed by atoms with E-state index in [1.165, 1.54) is 12.1 Å². The SMILES string of the molecule is O=C(O)C1CCN(Cc2cccc3c(C(F)(F)F)c(O[C@H]4CC[C@@H](C(F)(F)F)CC4)ccc23)CC1. The second kappa shape index (κ2) is 9.87. The third-order valence-electron chi connectivity index (χ3n) is 7.16. The first kappa shape index (κ1) is 25.6. The van der Waals surface area contributed by atoms with E-state index in [9.17, 15) is 31.1 Å². The van der Waals surface area contributed by atoms with Crippen molar-refractivity contribution >= 4 is 16.7 Å². The van der Waals surface area contributed by atoms with Gasteiger partial charge in [-0.1, -0.05) is 24.3 Å². The van der Waals surface area contributed by atoms with E-state index < -0.39 is 41.8 Å². The molecule has 35 heavy (non-hydrogen) atoms. The summed E-state index contributed by atoms with van der Waals surface area (Å²) in [6, 6.07) is 7.52. The summed E-state index contributed by atoms with van der Waals surface area (Å²) < 4.78 is 86.9. The molecule has 1 aliphatic heterocycles. The fraction of sp³-hybridized carbons (Fsp3) is 0.560. The monoisotopic (exact) mass is 503 g/mol. The number of carbonyl (C=O) groups is 1. The standard InChI is InChI=1S/C25H27F6NO3/c26-24(27,28)17-4-6-18(7-5-17)35-21-9-8-19-16(2-1-3-20(19)22(21)25(29,30)31)14-32-12-10-15(11-13-32)23(33)34/h1-3,8-9,15,17-18H,4-7,10-14H2,(H,33,34)/t17-,18+. The number of hydrogen-bond donors (Lipinski definition) is 1. The van der Waals surface area contributed by atoms with Crippen molar-refractivity contribution in [2.45, 2.75) is 63.5 Å². The van der Waals surface area contributed by atoms with Gasteiger partial charge in [0.1, 0.15) is 11.3 Å². The second-order valence-corrected chi connectivity index (χ2v) is 9.47. The molecular weight excluding hydrogens is 476 g/mol. The van der Waals surface area contributed by atoms with Gasteiger partial charge in [0.15, 0.2) is 0 Å². The Labute approximate surface area is 198 Å². The average Bonchev–Trinajstić information content (AvgIpc) is 2.78. The molecule has 0 bridgehead atoms. The number of benzene rings is 2. The first-order valence-corrected chi connectivity index (χ1v) is 11.7. The van der Waals surface area contributed by atoms with Crippen molar-refractivity contribution in [2.24, 2.45) is 11.8 Å². The third kappa shape index (κ3) is 5.85. The molecule has 0 radical (unpaired) electrons. The van der Waals surface area contributed by atoms with E-state index in [1.807, 2.05) is 4.90 Å². The summed E-state index contributed by atoms with van der Waals surface area (Å²) in [6.07, 6.45) is -8.97. The van der Waals surface area contributed by atoms with Crippen molar-refractivity contribution < 1.29 is 41.0 Å². The number of alkyl halides is 6. The van der Waals surface area contributed by atoms with E-state index >= 15 is 0 Å². The molecule has 0 amide bonds. The molecule has 0 spiro atoms. The van der Waals surface area contributed by atoms with E-state index in [2.05, 4.69) is 0 Å². The number of rotatable bonds is 5. The maximum absolute atomic E-state index is 14.2. The van der Waals surface area contributed by atoms with Crippen LogP contribution in [0.5, 0.6) is 5.75 Å². The van der Waals surface area contributed by atoms with Crippen LogP contribution in [0.4, 0.5) is 26.3 Å². The highest BCUT2D eigenvalue weighted by Crippen LogP contribution is 2.44. The number of nitrogens with zero attached hydrogens (tertiary/aromatic N) is 1. The summed E-state index contributed by atoms with van der Waals surface area (Å²) in [5.74, 6) is -3.03. The summed E-state index contributed by atoms with van der Waals surface area (Å²) in [7, 11) is 0. The molecule has 1 saturated heterocycles. The van der Waals surface area contributed by atoms with E-state index in [-0.39, 0.29) is 36.8 Å². The second-order valence-electron chi connectivity index (χ2n) is 9.47. The minimum Gasteiger partial charge on any atom is -0.490 e. The quantitative estimate of drug-likeness (QED) is 0.464. The fourth-order valence-electron chi connectivity index (χ4n) is 5.20. The molecule has 1 N–H and O–H groups in total. The molecule has 2 aromatic rings. The zero-order valence-corrected chi connectivity index (χ0v) is 19.0. The summed E-state index contributed by atoms with van der Waals surface area (Å²) in [5, 5.41) is 9.58. The highest BCUT2D eigenvalue weighted by Gasteiger charge is 2.43. The van der Waals surface area contributed by atoms with Crippen LogP contribution in [-0.2, 0) is 17.5 Å². The van der Waals surface area contributed by atoms with Crippen molar-refractivity contribution in [3.63, 3.8) is 0 Å². The van der Waals surface area contributed by atoms with Crippen LogP contribution in [0.3, 0.4) is 0 Å². The van der Waals surface area contributed by atoms with Gasteiger partial charge >= 0.3 is 18.3 Å². The lowest BCUT2D eigenvalue weighted by Crippen LogP contribution is -2.35. The number of piperidine rings is 1. The predicted octanol–water partition coefficient (Wildman–Crippen LogP) is 6.66. The lowest BCUT2D eigenvalue weighted by Gasteiger charge is -2.31. The number of halogens is 6. The normalized spacial score (nSPS) is 22.9. The maximum Gasteiger partial charge on any atom is 0.420 e. The molecule has 1 aliphatic carbocycles. The molecule has 192 valence electrons. The number of hydrogen-bond acceptors (Lipinski definition) is 3. The van der Waals surface area contributed by atoms with Crippen LogP contribution in [0.15, 0.2) is 30.3 Å². The van der Waals surface area contributed by atoms with E-state index in [0.29, 0.717) is 43.4 Å². The van der Waals surface area contributed by atoms with Crippen LogP contribution in [0.1, 0.15) is 49.7 Å². The number of carboxylic acids is 1. The van der Waals surface area contributed by atoms with Gasteiger partial charge in [0, 0.05) is 6.54 Å². The van der Waals surface area contributed by atoms with Crippen LogP contribution in [-0.4, -0.2) is 41.3 Å². The van der Waals surface area contributed by atoms with Crippen LogP contribution < -0.4 is 4.74 Å². The molecule has 2 aliphatic rings. The number of carboxylic acid groups (broad SMARTS) is 1. The molecule has 0 atom stereocenters. The maximum atomic E-state index is 14.2. The molecule has 4 rings (SSSR count). The zero-order valence-electron chi connectivity index (χ0n) is 19.0. The lowest BCUT2D eigenvalue weighted by atomic mass is 9.87. The first-order chi connectivity index (χ1) is 16.4. The molecule has 4 nitrogen and oxygen atoms in total. The van der Waals surface area contributed by atoms with Crippen LogP contribution in [0.2, 0.25) is 0 Å². The highest BCUT2D eigenvalue weighted by molar-refractivity contribution is 5.91. The summed E-state index contributed by atoms with van der Waals surface area (Å²) >= 11 is 0. The summed E-state index contributed by atoms with van der Waals surface area (Å²) in [5.41, 5.74) is -0.224. The van der Waals surface area contributed by atoms with Crippen molar-refractivity contribution in [1.82, 2.24) is 4.90 Å². The Morgan fingerprint density at radius 3 is 2.14 bits per heavy atom. The molecule has 0 unspecified atom stereocenters. The molecule has 2 fully saturated rings. The van der Waals surface area contributed by atoms with Gasteiger partial charge in [-0.15, -0.1) is 0 Å². The fourth-order valence-corrected chi connectivity index (χ4v) is 5.20. The van der Waals surface area contributed by atoms with Gasteiger partial charge in [-0.05, 0) is 74.0 Å². The smallest absolute Gasteiger partial charge is 0.420 e. The molecular formula is C25H27F6NO3. The number of ether oxygens (including phenoxy) is 1. The Bertz CT molecular complexity index is 1050. The van der Waals surface area contributed by atoms with Crippen molar-refractivity contribution in [1.29, 1.82) is 0 Å². The van der Waals surface area contributed by atoms with Gasteiger partial charge in [0.2, 0.25) is 0 Å². The highest BCUT2D eigenvalue weighted by atomic mass is 19.4. The Hall–Kier alpha value is -2.49. The largest absolute Gasteiger partial charge is 0.490 e. The van der Waals surface area contributed by atoms with Crippen molar-refractivity contribution in [3.05, 3.63) is 41.5 Å². The number of fused-ring (bicyclic) bond motifs is 1. The minimum atomic E-state index is -4.71. The average molecular weight is 503 g/mol. The summed E-state index contributed by atoms with van der Waals surface area (Å²) in [4.78, 5) is 13.2. The van der Waals surface area contributed by atoms with Gasteiger partial charge < -0.3 is 9.84 Å². The first-order valence-electron chi connectivity index (χ1n) is 11.7. The number of aliphatic carboxylic acids is 1. The minimum absolute atomic E-state index is 0.0168. The third-order valence-corrected chi connectivity index (χ3v) is 7.16. The van der Waals surface area contributed by atoms with E-state index in [1.54, 1.807) is 18.2 Å². The van der Waals surface area contributed by atoms with Crippen LogP contribution in [0, 0.1) is 11.8 Å². The van der Waals surface area contributed by atoms with E-state index in [0.717, 1.165) is 0 Å². The number of likely N-dealkylation sites (tertiary alicyclic amines) is 1. The topological polar surface area (TPSA) is 49.8 Å². The van der Waals surface area contributed by atoms with Crippen LogP contribution >= 0.6 is 0 Å². The zero-order chi connectivity index (χ0) is 25.4. The Morgan fingerprint density at radius 2 is 1.57 bits per heavy atom. The Balaban J connectivity index is 1.56. The van der Waals surface area contributed by atoms with Crippen LogP contribution in [0.25, 0.3) is 10.8 Å². The van der Waals surface area contributed by atoms with E-state index in [4.69, 9.17) is 9.84 Å². The predicted molar refractivity (Wildman–Crippen MR) is 117 cm³/mol. The van der Waals surface area contributed by atoms with Gasteiger partial charge in [-0.3, -0.25) is 9.69 Å². The molecule has 0 aromatic heterocycles. The van der Waals surface area contributed by atoms with Gasteiger partial charge in [0.25, 0.3) is 0 Å². The molecule has 1 heterocycles. The molecule has 10 heteroatoms.